The lowest BCUT2D eigenvalue weighted by atomic mass is 10.2. The predicted octanol–water partition coefficient (Wildman–Crippen LogP) is 2.33. The summed E-state index contributed by atoms with van der Waals surface area (Å²) in [6, 6.07) is 5.33. The van der Waals surface area contributed by atoms with Gasteiger partial charge in [0.2, 0.25) is 0 Å². The van der Waals surface area contributed by atoms with Gasteiger partial charge in [0.15, 0.2) is 0 Å². The van der Waals surface area contributed by atoms with Crippen molar-refractivity contribution in [1.82, 2.24) is 15.3 Å². The van der Waals surface area contributed by atoms with Crippen molar-refractivity contribution in [2.75, 3.05) is 6.54 Å². The zero-order valence-corrected chi connectivity index (χ0v) is 10.3. The molecule has 2 rings (SSSR count). The van der Waals surface area contributed by atoms with E-state index >= 15 is 0 Å². The fourth-order valence-corrected chi connectivity index (χ4v) is 1.64. The van der Waals surface area contributed by atoms with Crippen molar-refractivity contribution in [2.24, 2.45) is 0 Å². The minimum Gasteiger partial charge on any atom is -0.352 e. The normalized spacial score (nSPS) is 10.9. The van der Waals surface area contributed by atoms with Crippen LogP contribution in [0.15, 0.2) is 42.7 Å². The Morgan fingerprint density at radius 3 is 2.83 bits per heavy atom. The zero-order valence-electron chi connectivity index (χ0n) is 10.3. The first-order chi connectivity index (χ1) is 8.81. The molecule has 0 saturated carbocycles. The third-order valence-electron chi connectivity index (χ3n) is 2.56. The Bertz CT molecular complexity index is 578. The monoisotopic (exact) mass is 241 g/mol. The van der Waals surface area contributed by atoms with Gasteiger partial charge in [0.25, 0.3) is 5.91 Å². The average molecular weight is 241 g/mol. The van der Waals surface area contributed by atoms with Gasteiger partial charge in [0.1, 0.15) is 0 Å². The van der Waals surface area contributed by atoms with E-state index in [0.29, 0.717) is 12.1 Å². The smallest absolute Gasteiger partial charge is 0.251 e. The number of benzene rings is 1. The van der Waals surface area contributed by atoms with Crippen LogP contribution in [0.3, 0.4) is 0 Å². The fraction of sp³-hybridized carbons (Fsp3) is 0.214. The summed E-state index contributed by atoms with van der Waals surface area (Å²) in [5, 5.41) is 2.86. The Balaban J connectivity index is 2.08. The predicted molar refractivity (Wildman–Crippen MR) is 71.3 cm³/mol. The fourth-order valence-electron chi connectivity index (χ4n) is 1.64. The highest BCUT2D eigenvalue weighted by atomic mass is 16.1. The molecule has 0 aliphatic heterocycles. The van der Waals surface area contributed by atoms with Crippen LogP contribution in [-0.2, 0) is 0 Å². The van der Waals surface area contributed by atoms with Crippen LogP contribution in [0.1, 0.15) is 23.7 Å². The minimum absolute atomic E-state index is 0.0768. The summed E-state index contributed by atoms with van der Waals surface area (Å²) in [6.07, 6.45) is 8.09. The molecule has 0 unspecified atom stereocenters. The summed E-state index contributed by atoms with van der Waals surface area (Å²) >= 11 is 0. The second-order valence-electron chi connectivity index (χ2n) is 3.87. The van der Waals surface area contributed by atoms with Gasteiger partial charge in [-0.2, -0.15) is 0 Å². The summed E-state index contributed by atoms with van der Waals surface area (Å²) < 4.78 is 0. The first-order valence-electron chi connectivity index (χ1n) is 5.91. The number of allylic oxidation sites excluding steroid dienone is 1. The molecule has 1 N–H and O–H groups in total. The number of hydrogen-bond acceptors (Lipinski definition) is 3. The summed E-state index contributed by atoms with van der Waals surface area (Å²) in [6.45, 7) is 2.60. The highest BCUT2D eigenvalue weighted by Crippen LogP contribution is 2.10. The second-order valence-corrected chi connectivity index (χ2v) is 3.87. The summed E-state index contributed by atoms with van der Waals surface area (Å²) in [4.78, 5) is 20.2. The molecule has 2 aromatic rings. The van der Waals surface area contributed by atoms with E-state index in [1.807, 2.05) is 25.1 Å². The third-order valence-corrected chi connectivity index (χ3v) is 2.56. The highest BCUT2D eigenvalue weighted by Gasteiger charge is 2.05. The molecule has 1 amide bonds. The van der Waals surface area contributed by atoms with Crippen molar-refractivity contribution >= 4 is 16.9 Å². The maximum atomic E-state index is 11.9. The lowest BCUT2D eigenvalue weighted by molar-refractivity contribution is 0.0954. The Labute approximate surface area is 106 Å². The van der Waals surface area contributed by atoms with Crippen molar-refractivity contribution in [3.8, 4) is 0 Å². The number of carbonyl (C=O) groups excluding carboxylic acids is 1. The molecule has 1 aromatic heterocycles. The Hall–Kier alpha value is -2.23. The van der Waals surface area contributed by atoms with Crippen LogP contribution in [-0.4, -0.2) is 22.4 Å². The van der Waals surface area contributed by atoms with E-state index in [4.69, 9.17) is 0 Å². The quantitative estimate of drug-likeness (QED) is 0.660. The molecule has 4 nitrogen and oxygen atoms in total. The van der Waals surface area contributed by atoms with Crippen LogP contribution in [0.2, 0.25) is 0 Å². The molecule has 0 aliphatic rings. The van der Waals surface area contributed by atoms with E-state index in [1.54, 1.807) is 24.5 Å². The zero-order chi connectivity index (χ0) is 12.8. The van der Waals surface area contributed by atoms with Crippen LogP contribution in [0.25, 0.3) is 11.0 Å². The second kappa shape index (κ2) is 5.91. The van der Waals surface area contributed by atoms with Gasteiger partial charge in [-0.3, -0.25) is 14.8 Å². The largest absolute Gasteiger partial charge is 0.352 e. The summed E-state index contributed by atoms with van der Waals surface area (Å²) in [5.74, 6) is -0.0768. The average Bonchev–Trinajstić information content (AvgIpc) is 2.43. The number of amides is 1. The number of fused-ring (bicyclic) bond motifs is 1. The van der Waals surface area contributed by atoms with Crippen LogP contribution in [0, 0.1) is 0 Å². The van der Waals surface area contributed by atoms with Crippen LogP contribution in [0.5, 0.6) is 0 Å². The lowest BCUT2D eigenvalue weighted by Crippen LogP contribution is -2.24. The minimum atomic E-state index is -0.0768. The Morgan fingerprint density at radius 1 is 1.28 bits per heavy atom. The van der Waals surface area contributed by atoms with Crippen molar-refractivity contribution in [3.63, 3.8) is 0 Å². The van der Waals surface area contributed by atoms with Gasteiger partial charge in [0, 0.05) is 24.5 Å². The first-order valence-corrected chi connectivity index (χ1v) is 5.91. The number of rotatable bonds is 4. The van der Waals surface area contributed by atoms with Crippen LogP contribution < -0.4 is 5.32 Å². The van der Waals surface area contributed by atoms with Gasteiger partial charge < -0.3 is 5.32 Å². The van der Waals surface area contributed by atoms with E-state index in [9.17, 15) is 4.79 Å². The van der Waals surface area contributed by atoms with E-state index in [2.05, 4.69) is 15.3 Å². The van der Waals surface area contributed by atoms with Crippen molar-refractivity contribution in [3.05, 3.63) is 48.3 Å². The van der Waals surface area contributed by atoms with Crippen LogP contribution in [0.4, 0.5) is 0 Å². The molecule has 1 heterocycles. The standard InChI is InChI=1S/C14H15N3O/c1-2-3-4-7-17-14(18)11-5-6-12-13(10-11)16-9-8-15-12/h2-3,5-6,8-10H,4,7H2,1H3,(H,17,18)/b3-2+. The van der Waals surface area contributed by atoms with Gasteiger partial charge in [-0.15, -0.1) is 0 Å². The van der Waals surface area contributed by atoms with E-state index in [-0.39, 0.29) is 5.91 Å². The Kier molecular flexibility index (Phi) is 4.02. The van der Waals surface area contributed by atoms with E-state index in [0.717, 1.165) is 17.5 Å². The number of hydrogen-bond donors (Lipinski definition) is 1. The molecule has 18 heavy (non-hydrogen) atoms. The number of aromatic nitrogens is 2. The van der Waals surface area contributed by atoms with E-state index < -0.39 is 0 Å². The Morgan fingerprint density at radius 2 is 2.06 bits per heavy atom. The highest BCUT2D eigenvalue weighted by molar-refractivity contribution is 5.97. The molecule has 0 fully saturated rings. The van der Waals surface area contributed by atoms with Gasteiger partial charge in [-0.25, -0.2) is 0 Å². The lowest BCUT2D eigenvalue weighted by Gasteiger charge is -2.04. The summed E-state index contributed by atoms with van der Waals surface area (Å²) in [7, 11) is 0. The molecule has 0 saturated heterocycles. The SMILES string of the molecule is C/C=C/CCNC(=O)c1ccc2nccnc2c1. The van der Waals surface area contributed by atoms with Gasteiger partial charge >= 0.3 is 0 Å². The maximum Gasteiger partial charge on any atom is 0.251 e. The van der Waals surface area contributed by atoms with Gasteiger partial charge in [-0.1, -0.05) is 12.2 Å². The van der Waals surface area contributed by atoms with Gasteiger partial charge in [0.05, 0.1) is 11.0 Å². The summed E-state index contributed by atoms with van der Waals surface area (Å²) in [5.41, 5.74) is 2.14. The third kappa shape index (κ3) is 2.91. The van der Waals surface area contributed by atoms with Crippen LogP contribution >= 0.6 is 0 Å². The van der Waals surface area contributed by atoms with Crippen molar-refractivity contribution < 1.29 is 4.79 Å². The molecule has 0 spiro atoms. The molecule has 0 bridgehead atoms. The molecule has 4 heteroatoms. The molecule has 0 atom stereocenters. The molecular formula is C14H15N3O. The molecular weight excluding hydrogens is 226 g/mol. The van der Waals surface area contributed by atoms with E-state index in [1.165, 1.54) is 0 Å². The molecule has 0 aliphatic carbocycles. The number of nitrogens with one attached hydrogen (secondary N) is 1. The van der Waals surface area contributed by atoms with Crippen molar-refractivity contribution in [2.45, 2.75) is 13.3 Å². The van der Waals surface area contributed by atoms with Crippen molar-refractivity contribution in [1.29, 1.82) is 0 Å². The number of carbonyl (C=O) groups is 1. The molecule has 0 radical (unpaired) electrons. The number of nitrogens with zero attached hydrogens (tertiary/aromatic N) is 2. The maximum absolute atomic E-state index is 11.9. The molecule has 92 valence electrons. The molecule has 1 aromatic carbocycles. The topological polar surface area (TPSA) is 54.9 Å². The van der Waals surface area contributed by atoms with Gasteiger partial charge in [-0.05, 0) is 31.5 Å². The first kappa shape index (κ1) is 12.2.